The molecule has 0 unspecified atom stereocenters. The number of benzene rings is 5. The summed E-state index contributed by atoms with van der Waals surface area (Å²) in [6.07, 6.45) is 0. The fraction of sp³-hybridized carbons (Fsp3) is 0.0625. The molecule has 4 heteroatoms. The Kier molecular flexibility index (Phi) is 4.97. The maximum atomic E-state index is 13.7. The van der Waals surface area contributed by atoms with Gasteiger partial charge in [0.05, 0.1) is 16.3 Å². The SMILES string of the molecule is Cc1ccc(O)c(C(=O)c2cc(-c3cccc4ccccc34)c3oc4ccc(C)cc4c(=O)c3c2)c1. The zero-order valence-electron chi connectivity index (χ0n) is 19.8. The monoisotopic (exact) mass is 470 g/mol. The van der Waals surface area contributed by atoms with Crippen molar-refractivity contribution in [2.45, 2.75) is 13.8 Å². The first kappa shape index (κ1) is 21.8. The Labute approximate surface area is 207 Å². The summed E-state index contributed by atoms with van der Waals surface area (Å²) < 4.78 is 6.34. The molecule has 0 aliphatic carbocycles. The van der Waals surface area contributed by atoms with Gasteiger partial charge in [-0.3, -0.25) is 9.59 Å². The van der Waals surface area contributed by atoms with Gasteiger partial charge in [-0.25, -0.2) is 0 Å². The quantitative estimate of drug-likeness (QED) is 0.217. The predicted octanol–water partition coefficient (Wildman–Crippen LogP) is 7.32. The van der Waals surface area contributed by atoms with Crippen molar-refractivity contribution in [1.82, 2.24) is 0 Å². The van der Waals surface area contributed by atoms with Crippen LogP contribution in [0.1, 0.15) is 27.0 Å². The minimum Gasteiger partial charge on any atom is -0.507 e. The molecule has 0 fully saturated rings. The largest absolute Gasteiger partial charge is 0.507 e. The number of carbonyl (C=O) groups is 1. The molecule has 36 heavy (non-hydrogen) atoms. The number of aryl methyl sites for hydroxylation is 2. The van der Waals surface area contributed by atoms with Crippen LogP contribution in [-0.4, -0.2) is 10.9 Å². The normalized spacial score (nSPS) is 11.4. The lowest BCUT2D eigenvalue weighted by atomic mass is 9.92. The van der Waals surface area contributed by atoms with Crippen LogP contribution in [0.3, 0.4) is 0 Å². The number of hydrogen-bond donors (Lipinski definition) is 1. The van der Waals surface area contributed by atoms with Crippen molar-refractivity contribution in [3.05, 3.63) is 123 Å². The maximum absolute atomic E-state index is 13.7. The summed E-state index contributed by atoms with van der Waals surface area (Å²) in [6, 6.07) is 27.7. The molecule has 1 N–H and O–H groups in total. The molecule has 0 amide bonds. The van der Waals surface area contributed by atoms with Gasteiger partial charge in [-0.05, 0) is 66.6 Å². The maximum Gasteiger partial charge on any atom is 0.200 e. The Morgan fingerprint density at radius 3 is 2.33 bits per heavy atom. The summed E-state index contributed by atoms with van der Waals surface area (Å²) in [5.74, 6) is -0.457. The standard InChI is InChI=1S/C32H22O4/c1-18-10-12-28(33)25(14-18)30(34)21-16-24(23-9-5-7-20-6-3-4-8-22(20)23)32-27(17-21)31(35)26-15-19(2)11-13-29(26)36-32/h3-17,33H,1-2H3. The van der Waals surface area contributed by atoms with Crippen molar-refractivity contribution in [1.29, 1.82) is 0 Å². The molecule has 174 valence electrons. The molecule has 0 atom stereocenters. The summed E-state index contributed by atoms with van der Waals surface area (Å²) in [5.41, 5.74) is 4.54. The first-order valence-electron chi connectivity index (χ1n) is 11.7. The van der Waals surface area contributed by atoms with Crippen LogP contribution in [0.25, 0.3) is 43.8 Å². The van der Waals surface area contributed by atoms with E-state index in [4.69, 9.17) is 4.42 Å². The Balaban J connectivity index is 1.74. The van der Waals surface area contributed by atoms with Crippen LogP contribution in [0.2, 0.25) is 0 Å². The van der Waals surface area contributed by atoms with Gasteiger partial charge in [0.1, 0.15) is 16.9 Å². The fourth-order valence-electron chi connectivity index (χ4n) is 4.85. The van der Waals surface area contributed by atoms with E-state index in [2.05, 4.69) is 0 Å². The molecular formula is C32H22O4. The van der Waals surface area contributed by atoms with Crippen LogP contribution in [0.15, 0.2) is 100 Å². The third kappa shape index (κ3) is 3.46. The molecule has 0 aliphatic rings. The van der Waals surface area contributed by atoms with Crippen molar-refractivity contribution in [2.75, 3.05) is 0 Å². The molecule has 1 heterocycles. The van der Waals surface area contributed by atoms with Crippen LogP contribution in [0, 0.1) is 13.8 Å². The van der Waals surface area contributed by atoms with E-state index in [-0.39, 0.29) is 22.5 Å². The smallest absolute Gasteiger partial charge is 0.200 e. The van der Waals surface area contributed by atoms with Crippen molar-refractivity contribution in [3.63, 3.8) is 0 Å². The van der Waals surface area contributed by atoms with Crippen molar-refractivity contribution in [3.8, 4) is 16.9 Å². The number of rotatable bonds is 3. The number of phenolic OH excluding ortho intramolecular Hbond substituents is 1. The lowest BCUT2D eigenvalue weighted by Crippen LogP contribution is -2.08. The molecular weight excluding hydrogens is 448 g/mol. The molecule has 6 aromatic rings. The number of phenols is 1. The van der Waals surface area contributed by atoms with Crippen LogP contribution in [0.5, 0.6) is 5.75 Å². The van der Waals surface area contributed by atoms with Crippen LogP contribution < -0.4 is 5.43 Å². The number of ketones is 1. The molecule has 0 aliphatic heterocycles. The third-order valence-electron chi connectivity index (χ3n) is 6.66. The van der Waals surface area contributed by atoms with E-state index in [1.807, 2.05) is 68.4 Å². The summed E-state index contributed by atoms with van der Waals surface area (Å²) in [5, 5.41) is 13.2. The Morgan fingerprint density at radius 2 is 1.47 bits per heavy atom. The first-order chi connectivity index (χ1) is 17.4. The molecule has 0 spiro atoms. The van der Waals surface area contributed by atoms with E-state index < -0.39 is 0 Å². The van der Waals surface area contributed by atoms with Crippen molar-refractivity contribution < 1.29 is 14.3 Å². The second-order valence-corrected chi connectivity index (χ2v) is 9.21. The van der Waals surface area contributed by atoms with E-state index in [9.17, 15) is 14.7 Å². The van der Waals surface area contributed by atoms with Gasteiger partial charge in [-0.1, -0.05) is 65.7 Å². The highest BCUT2D eigenvalue weighted by Gasteiger charge is 2.21. The summed E-state index contributed by atoms with van der Waals surface area (Å²) in [6.45, 7) is 3.78. The van der Waals surface area contributed by atoms with Gasteiger partial charge >= 0.3 is 0 Å². The number of aromatic hydroxyl groups is 1. The highest BCUT2D eigenvalue weighted by molar-refractivity contribution is 6.15. The summed E-state index contributed by atoms with van der Waals surface area (Å²) in [7, 11) is 0. The Hall–Kier alpha value is -4.70. The Bertz CT molecular complexity index is 1910. The highest BCUT2D eigenvalue weighted by Crippen LogP contribution is 2.36. The fourth-order valence-corrected chi connectivity index (χ4v) is 4.85. The van der Waals surface area contributed by atoms with Gasteiger partial charge in [-0.2, -0.15) is 0 Å². The van der Waals surface area contributed by atoms with Crippen LogP contribution in [0.4, 0.5) is 0 Å². The second-order valence-electron chi connectivity index (χ2n) is 9.21. The molecule has 6 rings (SSSR count). The van der Waals surface area contributed by atoms with E-state index >= 15 is 0 Å². The molecule has 1 aromatic heterocycles. The Morgan fingerprint density at radius 1 is 0.722 bits per heavy atom. The third-order valence-corrected chi connectivity index (χ3v) is 6.66. The van der Waals surface area contributed by atoms with E-state index in [0.717, 1.165) is 27.5 Å². The minimum absolute atomic E-state index is 0.0985. The van der Waals surface area contributed by atoms with Crippen LogP contribution >= 0.6 is 0 Å². The zero-order chi connectivity index (χ0) is 25.0. The molecule has 0 saturated heterocycles. The van der Waals surface area contributed by atoms with Gasteiger partial charge in [0.25, 0.3) is 0 Å². The topological polar surface area (TPSA) is 67.5 Å². The van der Waals surface area contributed by atoms with E-state index in [0.29, 0.717) is 33.1 Å². The van der Waals surface area contributed by atoms with Gasteiger partial charge in [0.2, 0.25) is 5.43 Å². The van der Waals surface area contributed by atoms with Crippen molar-refractivity contribution >= 4 is 38.5 Å². The van der Waals surface area contributed by atoms with E-state index in [1.54, 1.807) is 30.3 Å². The molecule has 0 radical (unpaired) electrons. The lowest BCUT2D eigenvalue weighted by molar-refractivity contribution is 0.103. The minimum atomic E-state index is -0.358. The first-order valence-corrected chi connectivity index (χ1v) is 11.7. The summed E-state index contributed by atoms with van der Waals surface area (Å²) in [4.78, 5) is 27.3. The molecule has 0 bridgehead atoms. The average Bonchev–Trinajstić information content (AvgIpc) is 2.89. The highest BCUT2D eigenvalue weighted by atomic mass is 16.3. The van der Waals surface area contributed by atoms with E-state index in [1.165, 1.54) is 6.07 Å². The number of carbonyl (C=O) groups excluding carboxylic acids is 1. The van der Waals surface area contributed by atoms with Crippen LogP contribution in [-0.2, 0) is 0 Å². The number of fused-ring (bicyclic) bond motifs is 3. The van der Waals surface area contributed by atoms with Gasteiger partial charge in [0, 0.05) is 11.1 Å². The predicted molar refractivity (Wildman–Crippen MR) is 144 cm³/mol. The second kappa shape index (κ2) is 8.21. The van der Waals surface area contributed by atoms with Gasteiger partial charge in [0.15, 0.2) is 5.78 Å². The molecule has 5 aromatic carbocycles. The summed E-state index contributed by atoms with van der Waals surface area (Å²) >= 11 is 0. The molecule has 0 saturated carbocycles. The molecule has 4 nitrogen and oxygen atoms in total. The average molecular weight is 471 g/mol. The number of hydrogen-bond acceptors (Lipinski definition) is 4. The van der Waals surface area contributed by atoms with Gasteiger partial charge < -0.3 is 9.52 Å². The zero-order valence-corrected chi connectivity index (χ0v) is 19.8. The van der Waals surface area contributed by atoms with Crippen molar-refractivity contribution in [2.24, 2.45) is 0 Å². The lowest BCUT2D eigenvalue weighted by Gasteiger charge is -2.13. The van der Waals surface area contributed by atoms with Gasteiger partial charge in [-0.15, -0.1) is 0 Å².